The summed E-state index contributed by atoms with van der Waals surface area (Å²) >= 11 is 2.86. The standard InChI is InChI=1S/C7H4BrFO2/c8-7-4(3-10)1-5(11)2-6(7)9/h1-3,11H. The Morgan fingerprint density at radius 1 is 1.55 bits per heavy atom. The van der Waals surface area contributed by atoms with Gasteiger partial charge >= 0.3 is 0 Å². The van der Waals surface area contributed by atoms with Crippen LogP contribution in [0.3, 0.4) is 0 Å². The van der Waals surface area contributed by atoms with Gasteiger partial charge in [-0.15, -0.1) is 0 Å². The van der Waals surface area contributed by atoms with E-state index in [-0.39, 0.29) is 15.8 Å². The molecule has 0 radical (unpaired) electrons. The predicted octanol–water partition coefficient (Wildman–Crippen LogP) is 2.11. The van der Waals surface area contributed by atoms with Crippen molar-refractivity contribution in [3.05, 3.63) is 28.0 Å². The highest BCUT2D eigenvalue weighted by atomic mass is 79.9. The minimum atomic E-state index is -0.646. The monoisotopic (exact) mass is 218 g/mol. The molecule has 0 saturated heterocycles. The van der Waals surface area contributed by atoms with E-state index in [0.29, 0.717) is 6.29 Å². The highest BCUT2D eigenvalue weighted by Gasteiger charge is 2.06. The van der Waals surface area contributed by atoms with Crippen molar-refractivity contribution < 1.29 is 14.3 Å². The van der Waals surface area contributed by atoms with Crippen LogP contribution in [0.2, 0.25) is 0 Å². The lowest BCUT2D eigenvalue weighted by atomic mass is 10.2. The summed E-state index contributed by atoms with van der Waals surface area (Å²) in [5.41, 5.74) is 0.0995. The zero-order valence-electron chi connectivity index (χ0n) is 5.34. The number of halogens is 2. The number of aldehydes is 1. The lowest BCUT2D eigenvalue weighted by Crippen LogP contribution is -1.86. The van der Waals surface area contributed by atoms with Crippen LogP contribution in [-0.2, 0) is 0 Å². The van der Waals surface area contributed by atoms with Gasteiger partial charge in [0.1, 0.15) is 11.6 Å². The molecule has 1 aromatic carbocycles. The lowest BCUT2D eigenvalue weighted by Gasteiger charge is -1.98. The van der Waals surface area contributed by atoms with Crippen LogP contribution in [0.1, 0.15) is 10.4 Å². The van der Waals surface area contributed by atoms with Gasteiger partial charge in [0.05, 0.1) is 4.47 Å². The largest absolute Gasteiger partial charge is 0.508 e. The molecule has 4 heteroatoms. The van der Waals surface area contributed by atoms with Crippen molar-refractivity contribution in [3.63, 3.8) is 0 Å². The van der Waals surface area contributed by atoms with Gasteiger partial charge in [0.15, 0.2) is 6.29 Å². The highest BCUT2D eigenvalue weighted by molar-refractivity contribution is 9.10. The average Bonchev–Trinajstić information content (AvgIpc) is 1.96. The van der Waals surface area contributed by atoms with Crippen molar-refractivity contribution >= 4 is 22.2 Å². The third kappa shape index (κ3) is 1.57. The van der Waals surface area contributed by atoms with Gasteiger partial charge in [-0.25, -0.2) is 4.39 Å². The summed E-state index contributed by atoms with van der Waals surface area (Å²) in [6, 6.07) is 2.11. The Labute approximate surface area is 70.8 Å². The predicted molar refractivity (Wildman–Crippen MR) is 41.2 cm³/mol. The maximum absolute atomic E-state index is 12.7. The van der Waals surface area contributed by atoms with E-state index in [1.165, 1.54) is 6.07 Å². The summed E-state index contributed by atoms with van der Waals surface area (Å²) in [5.74, 6) is -0.903. The number of carbonyl (C=O) groups excluding carboxylic acids is 1. The summed E-state index contributed by atoms with van der Waals surface area (Å²) < 4.78 is 12.7. The second kappa shape index (κ2) is 3.00. The van der Waals surface area contributed by atoms with Crippen molar-refractivity contribution in [2.45, 2.75) is 0 Å². The van der Waals surface area contributed by atoms with E-state index >= 15 is 0 Å². The van der Waals surface area contributed by atoms with Gasteiger partial charge in [0, 0.05) is 11.6 Å². The number of hydrogen-bond acceptors (Lipinski definition) is 2. The van der Waals surface area contributed by atoms with Crippen LogP contribution in [0.25, 0.3) is 0 Å². The normalized spacial score (nSPS) is 9.64. The molecule has 1 N–H and O–H groups in total. The van der Waals surface area contributed by atoms with Crippen LogP contribution in [0.4, 0.5) is 4.39 Å². The Morgan fingerprint density at radius 2 is 2.18 bits per heavy atom. The second-order valence-corrected chi connectivity index (χ2v) is 2.74. The topological polar surface area (TPSA) is 37.3 Å². The summed E-state index contributed by atoms with van der Waals surface area (Å²) in [6.45, 7) is 0. The van der Waals surface area contributed by atoms with Crippen molar-refractivity contribution in [2.75, 3.05) is 0 Å². The first-order chi connectivity index (χ1) is 5.15. The fourth-order valence-electron chi connectivity index (χ4n) is 0.681. The van der Waals surface area contributed by atoms with Gasteiger partial charge < -0.3 is 5.11 Å². The number of carbonyl (C=O) groups is 1. The SMILES string of the molecule is O=Cc1cc(O)cc(F)c1Br. The summed E-state index contributed by atoms with van der Waals surface area (Å²) in [6.07, 6.45) is 0.465. The molecule has 0 heterocycles. The zero-order valence-corrected chi connectivity index (χ0v) is 6.93. The summed E-state index contributed by atoms with van der Waals surface area (Å²) in [4.78, 5) is 10.2. The highest BCUT2D eigenvalue weighted by Crippen LogP contribution is 2.23. The molecule has 58 valence electrons. The number of rotatable bonds is 1. The molecule has 11 heavy (non-hydrogen) atoms. The maximum Gasteiger partial charge on any atom is 0.151 e. The van der Waals surface area contributed by atoms with Crippen molar-refractivity contribution in [1.82, 2.24) is 0 Å². The molecule has 0 saturated carbocycles. The summed E-state index contributed by atoms with van der Waals surface area (Å²) in [7, 11) is 0. The summed E-state index contributed by atoms with van der Waals surface area (Å²) in [5, 5.41) is 8.83. The van der Waals surface area contributed by atoms with E-state index in [1.54, 1.807) is 0 Å². The van der Waals surface area contributed by atoms with Crippen LogP contribution in [0.5, 0.6) is 5.75 Å². The number of benzene rings is 1. The van der Waals surface area contributed by atoms with Crippen LogP contribution >= 0.6 is 15.9 Å². The number of phenolic OH excluding ortho intramolecular Hbond substituents is 1. The molecule has 0 amide bonds. The smallest absolute Gasteiger partial charge is 0.151 e. The number of hydrogen-bond donors (Lipinski definition) is 1. The fraction of sp³-hybridized carbons (Fsp3) is 0. The van der Waals surface area contributed by atoms with Crippen LogP contribution in [-0.4, -0.2) is 11.4 Å². The number of phenols is 1. The number of aromatic hydroxyl groups is 1. The molecule has 0 aromatic heterocycles. The Hall–Kier alpha value is -0.900. The van der Waals surface area contributed by atoms with Gasteiger partial charge in [-0.05, 0) is 22.0 Å². The fourth-order valence-corrected chi connectivity index (χ4v) is 1.00. The van der Waals surface area contributed by atoms with E-state index < -0.39 is 5.82 Å². The van der Waals surface area contributed by atoms with Gasteiger partial charge in [-0.2, -0.15) is 0 Å². The van der Waals surface area contributed by atoms with Crippen LogP contribution in [0, 0.1) is 5.82 Å². The van der Waals surface area contributed by atoms with Gasteiger partial charge in [-0.3, -0.25) is 4.79 Å². The Kier molecular flexibility index (Phi) is 2.24. The van der Waals surface area contributed by atoms with Gasteiger partial charge in [0.2, 0.25) is 0 Å². The van der Waals surface area contributed by atoms with E-state index in [4.69, 9.17) is 5.11 Å². The van der Waals surface area contributed by atoms with Crippen molar-refractivity contribution in [1.29, 1.82) is 0 Å². The van der Waals surface area contributed by atoms with Gasteiger partial charge in [-0.1, -0.05) is 0 Å². The molecule has 1 aromatic rings. The molecular formula is C7H4BrFO2. The maximum atomic E-state index is 12.7. The van der Waals surface area contributed by atoms with E-state index in [1.807, 2.05) is 0 Å². The Bertz CT molecular complexity index is 299. The minimum Gasteiger partial charge on any atom is -0.508 e. The van der Waals surface area contributed by atoms with E-state index in [0.717, 1.165) is 6.07 Å². The first-order valence-corrected chi connectivity index (χ1v) is 3.57. The van der Waals surface area contributed by atoms with Gasteiger partial charge in [0.25, 0.3) is 0 Å². The third-order valence-electron chi connectivity index (χ3n) is 1.17. The first kappa shape index (κ1) is 8.20. The molecule has 0 fully saturated rings. The molecule has 0 spiro atoms. The molecule has 0 aliphatic heterocycles. The van der Waals surface area contributed by atoms with Crippen LogP contribution < -0.4 is 0 Å². The minimum absolute atomic E-state index is 0.0744. The molecule has 1 rings (SSSR count). The molecule has 0 atom stereocenters. The van der Waals surface area contributed by atoms with Crippen LogP contribution in [0.15, 0.2) is 16.6 Å². The first-order valence-electron chi connectivity index (χ1n) is 2.78. The third-order valence-corrected chi connectivity index (χ3v) is 2.00. The lowest BCUT2D eigenvalue weighted by molar-refractivity contribution is 0.112. The molecule has 2 nitrogen and oxygen atoms in total. The van der Waals surface area contributed by atoms with E-state index in [2.05, 4.69) is 15.9 Å². The molecule has 0 bridgehead atoms. The Morgan fingerprint density at radius 3 is 2.73 bits per heavy atom. The van der Waals surface area contributed by atoms with Crippen molar-refractivity contribution in [3.8, 4) is 5.75 Å². The zero-order chi connectivity index (χ0) is 8.43. The quantitative estimate of drug-likeness (QED) is 0.734. The molecule has 0 aliphatic carbocycles. The average molecular weight is 219 g/mol. The molecular weight excluding hydrogens is 215 g/mol. The van der Waals surface area contributed by atoms with E-state index in [9.17, 15) is 9.18 Å². The Balaban J connectivity index is 3.35. The van der Waals surface area contributed by atoms with Crippen molar-refractivity contribution in [2.24, 2.45) is 0 Å². The molecule has 0 unspecified atom stereocenters. The molecule has 0 aliphatic rings. The second-order valence-electron chi connectivity index (χ2n) is 1.95.